The molecule has 27 heavy (non-hydrogen) atoms. The number of halogens is 2. The lowest BCUT2D eigenvalue weighted by Gasteiger charge is -2.27. The molecule has 2 aromatic rings. The molecule has 0 spiro atoms. The number of carbonyl (C=O) groups excluding carboxylic acids is 2. The molecule has 1 aliphatic heterocycles. The molecule has 142 valence electrons. The van der Waals surface area contributed by atoms with Crippen LogP contribution in [0.1, 0.15) is 42.3 Å². The van der Waals surface area contributed by atoms with E-state index in [1.54, 1.807) is 36.1 Å². The van der Waals surface area contributed by atoms with Crippen molar-refractivity contribution in [3.8, 4) is 0 Å². The van der Waals surface area contributed by atoms with Gasteiger partial charge in [0.25, 0.3) is 5.91 Å². The van der Waals surface area contributed by atoms with Crippen LogP contribution < -0.4 is 10.2 Å². The van der Waals surface area contributed by atoms with Crippen LogP contribution in [0.5, 0.6) is 0 Å². The second-order valence-corrected chi connectivity index (χ2v) is 8.24. The molecule has 0 saturated heterocycles. The first-order valence-corrected chi connectivity index (χ1v) is 9.60. The maximum atomic E-state index is 12.7. The van der Waals surface area contributed by atoms with Crippen LogP contribution in [0.3, 0.4) is 0 Å². The first-order chi connectivity index (χ1) is 12.7. The second-order valence-electron chi connectivity index (χ2n) is 7.43. The Morgan fingerprint density at radius 2 is 1.81 bits per heavy atom. The highest BCUT2D eigenvalue weighted by atomic mass is 35.5. The molecule has 2 amide bonds. The monoisotopic (exact) mass is 404 g/mol. The zero-order valence-electron chi connectivity index (χ0n) is 15.6. The van der Waals surface area contributed by atoms with Gasteiger partial charge in [0.15, 0.2) is 0 Å². The minimum atomic E-state index is -0.423. The maximum Gasteiger partial charge on any atom is 0.251 e. The van der Waals surface area contributed by atoms with Crippen LogP contribution in [-0.2, 0) is 16.6 Å². The number of benzene rings is 2. The molecule has 4 nitrogen and oxygen atoms in total. The van der Waals surface area contributed by atoms with E-state index >= 15 is 0 Å². The summed E-state index contributed by atoms with van der Waals surface area (Å²) < 4.78 is 0. The number of fused-ring (bicyclic) bond motifs is 1. The summed E-state index contributed by atoms with van der Waals surface area (Å²) in [4.78, 5) is 26.0. The van der Waals surface area contributed by atoms with Crippen LogP contribution in [0, 0.1) is 0 Å². The van der Waals surface area contributed by atoms with Crippen molar-refractivity contribution in [2.24, 2.45) is 0 Å². The second kappa shape index (κ2) is 7.53. The Morgan fingerprint density at radius 3 is 2.44 bits per heavy atom. The molecule has 1 heterocycles. The van der Waals surface area contributed by atoms with Crippen molar-refractivity contribution in [3.63, 3.8) is 0 Å². The van der Waals surface area contributed by atoms with Gasteiger partial charge in [-0.25, -0.2) is 0 Å². The zero-order valence-corrected chi connectivity index (χ0v) is 17.1. The van der Waals surface area contributed by atoms with Gasteiger partial charge >= 0.3 is 0 Å². The fourth-order valence-corrected chi connectivity index (χ4v) is 4.42. The van der Waals surface area contributed by atoms with Crippen LogP contribution in [-0.4, -0.2) is 24.9 Å². The molecule has 0 saturated carbocycles. The molecule has 1 N–H and O–H groups in total. The highest BCUT2D eigenvalue weighted by Gasteiger charge is 2.27. The highest BCUT2D eigenvalue weighted by molar-refractivity contribution is 6.36. The predicted octanol–water partition coefficient (Wildman–Crippen LogP) is 4.61. The lowest BCUT2D eigenvalue weighted by atomic mass is 9.84. The van der Waals surface area contributed by atoms with E-state index in [4.69, 9.17) is 23.2 Å². The Bertz CT molecular complexity index is 889. The van der Waals surface area contributed by atoms with Gasteiger partial charge in [0, 0.05) is 46.7 Å². The van der Waals surface area contributed by atoms with Crippen molar-refractivity contribution in [3.05, 3.63) is 63.1 Å². The Labute approximate surface area is 169 Å². The van der Waals surface area contributed by atoms with Crippen molar-refractivity contribution in [2.75, 3.05) is 18.0 Å². The van der Waals surface area contributed by atoms with Gasteiger partial charge in [0.2, 0.25) is 5.91 Å². The predicted molar refractivity (Wildman–Crippen MR) is 110 cm³/mol. The minimum absolute atomic E-state index is 0.0179. The molecule has 0 fully saturated rings. The van der Waals surface area contributed by atoms with Gasteiger partial charge in [-0.05, 0) is 47.9 Å². The lowest BCUT2D eigenvalue weighted by Crippen LogP contribution is -2.37. The Balaban J connectivity index is 1.74. The van der Waals surface area contributed by atoms with Crippen LogP contribution in [0.25, 0.3) is 0 Å². The molecule has 0 bridgehead atoms. The van der Waals surface area contributed by atoms with Gasteiger partial charge < -0.3 is 10.2 Å². The summed E-state index contributed by atoms with van der Waals surface area (Å²) in [6.07, 6.45) is 0.761. The number of amides is 2. The standard InChI is InChI=1S/C21H22Cl2N2O2/c1-13(26)25-10-9-14-11-15(7-8-18(14)25)20(27)24-12-21(2,3)19-16(22)5-4-6-17(19)23/h4-8,11H,9-10,12H2,1-3H3,(H,24,27). The van der Waals surface area contributed by atoms with Crippen molar-refractivity contribution in [1.82, 2.24) is 5.32 Å². The third-order valence-electron chi connectivity index (χ3n) is 4.95. The number of nitrogens with one attached hydrogen (secondary N) is 1. The van der Waals surface area contributed by atoms with Gasteiger partial charge in [-0.1, -0.05) is 43.1 Å². The Kier molecular flexibility index (Phi) is 5.50. The average Bonchev–Trinajstić information content (AvgIpc) is 3.02. The number of rotatable bonds is 4. The summed E-state index contributed by atoms with van der Waals surface area (Å²) in [5, 5.41) is 4.15. The van der Waals surface area contributed by atoms with Crippen LogP contribution in [0.4, 0.5) is 5.69 Å². The van der Waals surface area contributed by atoms with Crippen molar-refractivity contribution < 1.29 is 9.59 Å². The summed E-state index contributed by atoms with van der Waals surface area (Å²) in [7, 11) is 0. The summed E-state index contributed by atoms with van der Waals surface area (Å²) in [6.45, 7) is 6.60. The molecular weight excluding hydrogens is 383 g/mol. The molecule has 6 heteroatoms. The smallest absolute Gasteiger partial charge is 0.251 e. The SMILES string of the molecule is CC(=O)N1CCc2cc(C(=O)NCC(C)(C)c3c(Cl)cccc3Cl)ccc21. The lowest BCUT2D eigenvalue weighted by molar-refractivity contribution is -0.116. The van der Waals surface area contributed by atoms with E-state index in [1.807, 2.05) is 26.0 Å². The van der Waals surface area contributed by atoms with E-state index in [0.29, 0.717) is 28.7 Å². The molecule has 0 aliphatic carbocycles. The minimum Gasteiger partial charge on any atom is -0.351 e. The van der Waals surface area contributed by atoms with E-state index in [-0.39, 0.29) is 11.8 Å². The van der Waals surface area contributed by atoms with Crippen molar-refractivity contribution in [1.29, 1.82) is 0 Å². The maximum absolute atomic E-state index is 12.7. The van der Waals surface area contributed by atoms with Gasteiger partial charge in [-0.15, -0.1) is 0 Å². The number of carbonyl (C=O) groups is 2. The number of hydrogen-bond donors (Lipinski definition) is 1. The summed E-state index contributed by atoms with van der Waals surface area (Å²) in [6, 6.07) is 10.9. The van der Waals surface area contributed by atoms with Crippen LogP contribution in [0.2, 0.25) is 10.0 Å². The molecule has 3 rings (SSSR count). The molecule has 0 aromatic heterocycles. The van der Waals surface area contributed by atoms with Crippen molar-refractivity contribution in [2.45, 2.75) is 32.6 Å². The molecule has 0 atom stereocenters. The van der Waals surface area contributed by atoms with Gasteiger partial charge in [0.1, 0.15) is 0 Å². The summed E-state index contributed by atoms with van der Waals surface area (Å²) >= 11 is 12.6. The first-order valence-electron chi connectivity index (χ1n) is 8.84. The number of hydrogen-bond acceptors (Lipinski definition) is 2. The molecule has 0 unspecified atom stereocenters. The Morgan fingerprint density at radius 1 is 1.15 bits per heavy atom. The topological polar surface area (TPSA) is 49.4 Å². The third-order valence-corrected chi connectivity index (χ3v) is 5.58. The van der Waals surface area contributed by atoms with E-state index < -0.39 is 5.41 Å². The first kappa shape index (κ1) is 19.7. The quantitative estimate of drug-likeness (QED) is 0.808. The summed E-state index contributed by atoms with van der Waals surface area (Å²) in [5.41, 5.74) is 2.89. The van der Waals surface area contributed by atoms with E-state index in [2.05, 4.69) is 5.32 Å². The van der Waals surface area contributed by atoms with Gasteiger partial charge in [-0.3, -0.25) is 9.59 Å². The fourth-order valence-electron chi connectivity index (χ4n) is 3.51. The molecular formula is C21H22Cl2N2O2. The molecule has 0 radical (unpaired) electrons. The molecule has 1 aliphatic rings. The van der Waals surface area contributed by atoms with Crippen LogP contribution >= 0.6 is 23.2 Å². The fraction of sp³-hybridized carbons (Fsp3) is 0.333. The van der Waals surface area contributed by atoms with Gasteiger partial charge in [0.05, 0.1) is 0 Å². The Hall–Kier alpha value is -2.04. The largest absolute Gasteiger partial charge is 0.351 e. The van der Waals surface area contributed by atoms with E-state index in [0.717, 1.165) is 23.2 Å². The normalized spacial score (nSPS) is 13.4. The highest BCUT2D eigenvalue weighted by Crippen LogP contribution is 2.35. The van der Waals surface area contributed by atoms with E-state index in [1.165, 1.54) is 0 Å². The zero-order chi connectivity index (χ0) is 19.8. The number of anilines is 1. The van der Waals surface area contributed by atoms with Crippen molar-refractivity contribution >= 4 is 40.7 Å². The molecule has 2 aromatic carbocycles. The van der Waals surface area contributed by atoms with E-state index in [9.17, 15) is 9.59 Å². The number of nitrogens with zero attached hydrogens (tertiary/aromatic N) is 1. The summed E-state index contributed by atoms with van der Waals surface area (Å²) in [5.74, 6) is -0.139. The average molecular weight is 405 g/mol. The third kappa shape index (κ3) is 3.97. The van der Waals surface area contributed by atoms with Gasteiger partial charge in [-0.2, -0.15) is 0 Å². The van der Waals surface area contributed by atoms with Crippen LogP contribution in [0.15, 0.2) is 36.4 Å².